The van der Waals surface area contributed by atoms with Crippen LogP contribution in [0, 0.1) is 0 Å². The van der Waals surface area contributed by atoms with E-state index in [-0.39, 0.29) is 26.1 Å². The monoisotopic (exact) mass is 864 g/mol. The molecule has 0 saturated heterocycles. The molecule has 0 spiro atoms. The first kappa shape index (κ1) is 57.7. The number of ether oxygens (including phenoxy) is 2. The summed E-state index contributed by atoms with van der Waals surface area (Å²) in [6, 6.07) is 0. The van der Waals surface area contributed by atoms with Gasteiger partial charge in [0.05, 0.1) is 27.7 Å². The third-order valence-corrected chi connectivity index (χ3v) is 11.0. The number of unbranched alkanes of at least 4 members (excludes halogenated alkanes) is 19. The Labute approximate surface area is 368 Å². The number of hydrogen-bond acceptors (Lipinski definition) is 8. The molecule has 1 unspecified atom stereocenters. The lowest BCUT2D eigenvalue weighted by atomic mass is 10.1. The van der Waals surface area contributed by atoms with E-state index in [1.54, 1.807) is 0 Å². The molecule has 2 atom stereocenters. The molecule has 0 aliphatic heterocycles. The van der Waals surface area contributed by atoms with E-state index in [0.29, 0.717) is 23.9 Å². The number of hydrogen-bond donors (Lipinski definition) is 0. The highest BCUT2D eigenvalue weighted by Crippen LogP contribution is 2.38. The zero-order valence-corrected chi connectivity index (χ0v) is 40.0. The topological polar surface area (TPSA) is 111 Å². The number of nitrogens with zero attached hydrogens (tertiary/aromatic N) is 1. The molecule has 0 fully saturated rings. The molecule has 0 rings (SSSR count). The number of allylic oxidation sites excluding steroid dienone is 10. The molecule has 0 saturated carbocycles. The Morgan fingerprint density at radius 1 is 0.517 bits per heavy atom. The minimum absolute atomic E-state index is 0.0432. The summed E-state index contributed by atoms with van der Waals surface area (Å²) in [6.07, 6.45) is 51.1. The fourth-order valence-corrected chi connectivity index (χ4v) is 6.96. The maximum atomic E-state index is 12.7. The second-order valence-electron chi connectivity index (χ2n) is 17.1. The quantitative estimate of drug-likeness (QED) is 0.0196. The van der Waals surface area contributed by atoms with Crippen molar-refractivity contribution in [3.05, 3.63) is 60.8 Å². The lowest BCUT2D eigenvalue weighted by Gasteiger charge is -2.28. The Balaban J connectivity index is 4.39. The molecule has 0 amide bonds. The predicted molar refractivity (Wildman–Crippen MR) is 250 cm³/mol. The third-order valence-electron chi connectivity index (χ3n) is 10.0. The molecular weight excluding hydrogens is 774 g/mol. The van der Waals surface area contributed by atoms with Crippen molar-refractivity contribution in [3.63, 3.8) is 0 Å². The summed E-state index contributed by atoms with van der Waals surface area (Å²) < 4.78 is 33.9. The fraction of sp³-hybridized carbons (Fsp3) is 0.760. The SMILES string of the molecule is CCCCC/C=C/C/C=C/C/C=C/C/C=C/CCCC(=O)O[C@H](COC(=O)CCCCCCCCCCC/C=C/CCCCCCCC)COP(=O)([O-])OCC[N+](C)(C)C. The molecule has 0 aromatic heterocycles. The number of phosphoric acid groups is 1. The molecule has 0 radical (unpaired) electrons. The van der Waals surface area contributed by atoms with E-state index in [2.05, 4.69) is 68.5 Å². The minimum atomic E-state index is -4.64. The van der Waals surface area contributed by atoms with Crippen molar-refractivity contribution in [2.24, 2.45) is 0 Å². The van der Waals surface area contributed by atoms with Crippen LogP contribution in [0.3, 0.4) is 0 Å². The smallest absolute Gasteiger partial charge is 0.306 e. The van der Waals surface area contributed by atoms with Crippen molar-refractivity contribution in [2.75, 3.05) is 47.5 Å². The normalized spacial score (nSPS) is 14.0. The van der Waals surface area contributed by atoms with Crippen LogP contribution in [0.5, 0.6) is 0 Å². The number of likely N-dealkylation sites (N-methyl/N-ethyl adjacent to an activating group) is 1. The maximum absolute atomic E-state index is 12.7. The number of esters is 2. The summed E-state index contributed by atoms with van der Waals surface area (Å²) in [7, 11) is 1.13. The highest BCUT2D eigenvalue weighted by Gasteiger charge is 2.21. The average Bonchev–Trinajstić information content (AvgIpc) is 3.20. The van der Waals surface area contributed by atoms with Crippen LogP contribution in [-0.2, 0) is 32.7 Å². The number of carbonyl (C=O) groups excluding carboxylic acids is 2. The molecule has 60 heavy (non-hydrogen) atoms. The first-order valence-corrected chi connectivity index (χ1v) is 25.5. The fourth-order valence-electron chi connectivity index (χ4n) is 6.23. The van der Waals surface area contributed by atoms with Gasteiger partial charge >= 0.3 is 11.9 Å². The van der Waals surface area contributed by atoms with Crippen LogP contribution >= 0.6 is 7.82 Å². The van der Waals surface area contributed by atoms with Gasteiger partial charge in [-0.25, -0.2) is 0 Å². The van der Waals surface area contributed by atoms with Gasteiger partial charge in [0.1, 0.15) is 19.8 Å². The van der Waals surface area contributed by atoms with Crippen molar-refractivity contribution in [3.8, 4) is 0 Å². The van der Waals surface area contributed by atoms with Gasteiger partial charge in [-0.05, 0) is 77.0 Å². The van der Waals surface area contributed by atoms with Gasteiger partial charge in [-0.3, -0.25) is 14.2 Å². The van der Waals surface area contributed by atoms with Gasteiger partial charge < -0.3 is 27.9 Å². The van der Waals surface area contributed by atoms with E-state index in [9.17, 15) is 19.0 Å². The Kier molecular flexibility index (Phi) is 40.4. The number of carbonyl (C=O) groups is 2. The standard InChI is InChI=1S/C50H90NO8P/c1-6-8-10-12-14-16-18-20-22-24-25-27-28-30-32-34-36-38-40-42-49(52)56-46-48(47-58-60(54,55)57-45-44-51(3,4)5)59-50(53)43-41-39-37-35-33-31-29-26-23-21-19-17-15-13-11-9-7-2/h15,17,20-23,29,31,35,37,48H,6-14,16,18-19,24-28,30,32-34,36,38-47H2,1-5H3/b17-15+,22-20+,23-21+,31-29+,37-35+/t48-/m1/s1. The van der Waals surface area contributed by atoms with Crippen molar-refractivity contribution < 1.29 is 42.1 Å². The Bertz CT molecular complexity index is 1210. The van der Waals surface area contributed by atoms with Gasteiger partial charge in [-0.1, -0.05) is 164 Å². The van der Waals surface area contributed by atoms with E-state index in [1.165, 1.54) is 109 Å². The number of quaternary nitrogens is 1. The van der Waals surface area contributed by atoms with Gasteiger partial charge in [0.25, 0.3) is 7.82 Å². The van der Waals surface area contributed by atoms with Crippen LogP contribution in [0.1, 0.15) is 194 Å². The molecule has 10 heteroatoms. The van der Waals surface area contributed by atoms with E-state index < -0.39 is 32.5 Å². The van der Waals surface area contributed by atoms with Gasteiger partial charge in [0.15, 0.2) is 6.10 Å². The summed E-state index contributed by atoms with van der Waals surface area (Å²) in [5, 5.41) is 0. The van der Waals surface area contributed by atoms with Crippen LogP contribution in [-0.4, -0.2) is 70.0 Å². The molecule has 0 heterocycles. The molecule has 0 aromatic rings. The molecule has 9 nitrogen and oxygen atoms in total. The molecule has 0 bridgehead atoms. The van der Waals surface area contributed by atoms with Crippen LogP contribution in [0.15, 0.2) is 60.8 Å². The van der Waals surface area contributed by atoms with Crippen LogP contribution < -0.4 is 4.89 Å². The van der Waals surface area contributed by atoms with Crippen molar-refractivity contribution in [1.82, 2.24) is 0 Å². The van der Waals surface area contributed by atoms with Crippen molar-refractivity contribution in [1.29, 1.82) is 0 Å². The van der Waals surface area contributed by atoms with E-state index >= 15 is 0 Å². The molecule has 348 valence electrons. The zero-order valence-electron chi connectivity index (χ0n) is 39.1. The minimum Gasteiger partial charge on any atom is -0.756 e. The van der Waals surface area contributed by atoms with Crippen molar-refractivity contribution in [2.45, 2.75) is 200 Å². The number of phosphoric ester groups is 1. The molecular formula is C50H90NO8P. The predicted octanol–water partition coefficient (Wildman–Crippen LogP) is 13.4. The Morgan fingerprint density at radius 2 is 0.917 bits per heavy atom. The van der Waals surface area contributed by atoms with Gasteiger partial charge in [-0.2, -0.15) is 0 Å². The maximum Gasteiger partial charge on any atom is 0.306 e. The largest absolute Gasteiger partial charge is 0.756 e. The highest BCUT2D eigenvalue weighted by atomic mass is 31.2. The van der Waals surface area contributed by atoms with Gasteiger partial charge in [0.2, 0.25) is 0 Å². The van der Waals surface area contributed by atoms with Gasteiger partial charge in [-0.15, -0.1) is 0 Å². The lowest BCUT2D eigenvalue weighted by molar-refractivity contribution is -0.870. The molecule has 0 N–H and O–H groups in total. The lowest BCUT2D eigenvalue weighted by Crippen LogP contribution is -2.37. The Morgan fingerprint density at radius 3 is 1.43 bits per heavy atom. The summed E-state index contributed by atoms with van der Waals surface area (Å²) in [6.45, 7) is 4.13. The zero-order chi connectivity index (χ0) is 44.3. The third kappa shape index (κ3) is 45.2. The highest BCUT2D eigenvalue weighted by molar-refractivity contribution is 7.45. The summed E-state index contributed by atoms with van der Waals surface area (Å²) >= 11 is 0. The van der Waals surface area contributed by atoms with Crippen LogP contribution in [0.25, 0.3) is 0 Å². The molecule has 0 aliphatic rings. The van der Waals surface area contributed by atoms with Crippen molar-refractivity contribution >= 4 is 19.8 Å². The molecule has 0 aliphatic carbocycles. The van der Waals surface area contributed by atoms with Crippen LogP contribution in [0.4, 0.5) is 0 Å². The average molecular weight is 864 g/mol. The summed E-state index contributed by atoms with van der Waals surface area (Å²) in [4.78, 5) is 37.6. The first-order valence-electron chi connectivity index (χ1n) is 24.0. The summed E-state index contributed by atoms with van der Waals surface area (Å²) in [5.41, 5.74) is 0. The second kappa shape index (κ2) is 42.0. The van der Waals surface area contributed by atoms with E-state index in [4.69, 9.17) is 18.5 Å². The van der Waals surface area contributed by atoms with E-state index in [1.807, 2.05) is 27.2 Å². The van der Waals surface area contributed by atoms with E-state index in [0.717, 1.165) is 44.9 Å². The second-order valence-corrected chi connectivity index (χ2v) is 18.5. The van der Waals surface area contributed by atoms with Crippen LogP contribution in [0.2, 0.25) is 0 Å². The number of rotatable bonds is 43. The first-order chi connectivity index (χ1) is 29.0. The Hall–Kier alpha value is -2.29. The van der Waals surface area contributed by atoms with Gasteiger partial charge in [0, 0.05) is 12.8 Å². The summed E-state index contributed by atoms with van der Waals surface area (Å²) in [5.74, 6) is -0.903. The molecule has 0 aromatic carbocycles.